The highest BCUT2D eigenvalue weighted by Gasteiger charge is 2.25. The number of aromatic nitrogens is 2. The van der Waals surface area contributed by atoms with Gasteiger partial charge in [-0.3, -0.25) is 4.79 Å². The van der Waals surface area contributed by atoms with Gasteiger partial charge in [-0.25, -0.2) is 17.8 Å². The van der Waals surface area contributed by atoms with E-state index in [1.54, 1.807) is 41.0 Å². The van der Waals surface area contributed by atoms with Crippen LogP contribution in [-0.2, 0) is 27.5 Å². The number of halogens is 2. The highest BCUT2D eigenvalue weighted by Crippen LogP contribution is 2.30. The van der Waals surface area contributed by atoms with Gasteiger partial charge in [0.25, 0.3) is 0 Å². The number of ether oxygens (including phenoxy) is 1. The molecule has 38 heavy (non-hydrogen) atoms. The zero-order chi connectivity index (χ0) is 26.9. The van der Waals surface area contributed by atoms with Gasteiger partial charge in [-0.05, 0) is 67.1 Å². The van der Waals surface area contributed by atoms with Crippen LogP contribution in [0.2, 0.25) is 0 Å². The van der Waals surface area contributed by atoms with Gasteiger partial charge in [0.2, 0.25) is 0 Å². The van der Waals surface area contributed by atoms with Gasteiger partial charge in [0.15, 0.2) is 21.4 Å². The number of rotatable bonds is 11. The first-order chi connectivity index (χ1) is 18.2. The summed E-state index contributed by atoms with van der Waals surface area (Å²) in [7, 11) is -3.55. The Morgan fingerprint density at radius 3 is 2.63 bits per heavy atom. The molecule has 4 aromatic rings. The summed E-state index contributed by atoms with van der Waals surface area (Å²) >= 11 is 3.46. The van der Waals surface area contributed by atoms with E-state index >= 15 is 4.39 Å². The van der Waals surface area contributed by atoms with Gasteiger partial charge < -0.3 is 9.30 Å². The van der Waals surface area contributed by atoms with E-state index in [0.717, 1.165) is 28.4 Å². The molecule has 0 amide bonds. The lowest BCUT2D eigenvalue weighted by Crippen LogP contribution is -2.16. The second-order valence-electron chi connectivity index (χ2n) is 9.78. The number of hydrogen-bond acceptors (Lipinski definition) is 5. The lowest BCUT2D eigenvalue weighted by atomic mass is 9.94. The Bertz CT molecular complexity index is 1600. The van der Waals surface area contributed by atoms with Crippen LogP contribution in [0.4, 0.5) is 4.39 Å². The Morgan fingerprint density at radius 1 is 1.16 bits per heavy atom. The molecule has 0 atom stereocenters. The minimum atomic E-state index is -3.55. The third-order valence-electron chi connectivity index (χ3n) is 6.92. The normalized spacial score (nSPS) is 13.8. The van der Waals surface area contributed by atoms with Crippen molar-refractivity contribution in [2.45, 2.75) is 37.6 Å². The van der Waals surface area contributed by atoms with Gasteiger partial charge in [-0.15, -0.1) is 0 Å². The summed E-state index contributed by atoms with van der Waals surface area (Å²) in [6.07, 6.45) is 3.86. The molecule has 0 radical (unpaired) electrons. The Kier molecular flexibility index (Phi) is 7.79. The van der Waals surface area contributed by atoms with Crippen molar-refractivity contribution >= 4 is 42.6 Å². The van der Waals surface area contributed by atoms with E-state index in [-0.39, 0.29) is 52.6 Å². The molecule has 0 bridgehead atoms. The van der Waals surface area contributed by atoms with Crippen molar-refractivity contribution in [1.82, 2.24) is 9.55 Å². The lowest BCUT2D eigenvalue weighted by molar-refractivity contribution is 0.0738. The van der Waals surface area contributed by atoms with Crippen LogP contribution in [0.15, 0.2) is 70.3 Å². The van der Waals surface area contributed by atoms with E-state index in [0.29, 0.717) is 18.0 Å². The van der Waals surface area contributed by atoms with Crippen molar-refractivity contribution in [2.75, 3.05) is 19.0 Å². The van der Waals surface area contributed by atoms with E-state index in [2.05, 4.69) is 20.9 Å². The van der Waals surface area contributed by atoms with Gasteiger partial charge in [-0.1, -0.05) is 40.2 Å². The Morgan fingerprint density at radius 2 is 1.92 bits per heavy atom. The Labute approximate surface area is 229 Å². The van der Waals surface area contributed by atoms with Crippen LogP contribution in [0.25, 0.3) is 11.0 Å². The number of imidazole rings is 1. The van der Waals surface area contributed by atoms with Crippen LogP contribution in [-0.4, -0.2) is 42.7 Å². The quantitative estimate of drug-likeness (QED) is 0.200. The highest BCUT2D eigenvalue weighted by molar-refractivity contribution is 9.10. The molecule has 0 unspecified atom stereocenters. The van der Waals surface area contributed by atoms with Crippen LogP contribution < -0.4 is 0 Å². The number of carbonyl (C=O) groups is 1. The second-order valence-corrected chi connectivity index (χ2v) is 12.8. The maximum absolute atomic E-state index is 16.0. The minimum absolute atomic E-state index is 0.0736. The van der Waals surface area contributed by atoms with Crippen molar-refractivity contribution < 1.29 is 22.3 Å². The number of hydrogen-bond donors (Lipinski definition) is 0. The first-order valence-electron chi connectivity index (χ1n) is 12.5. The fourth-order valence-corrected chi connectivity index (χ4v) is 6.21. The van der Waals surface area contributed by atoms with Gasteiger partial charge in [0.1, 0.15) is 12.1 Å². The summed E-state index contributed by atoms with van der Waals surface area (Å²) in [6, 6.07) is 15.6. The van der Waals surface area contributed by atoms with Crippen LogP contribution in [0.3, 0.4) is 0 Å². The van der Waals surface area contributed by atoms with Crippen molar-refractivity contribution in [3.63, 3.8) is 0 Å². The third kappa shape index (κ3) is 5.90. The fraction of sp³-hybridized carbons (Fsp3) is 0.310. The van der Waals surface area contributed by atoms with Crippen LogP contribution in [0, 0.1) is 18.7 Å². The predicted octanol–water partition coefficient (Wildman–Crippen LogP) is 5.92. The SMILES string of the molecule is Cc1cc(Br)ccc1Cc1c(C(=O)COCC2CC2)cc2c(ncn2CCS(=O)(=O)c2ccccc2)c1F. The molecule has 0 aliphatic heterocycles. The Balaban J connectivity index is 1.49. The smallest absolute Gasteiger partial charge is 0.188 e. The number of aryl methyl sites for hydroxylation is 2. The molecular weight excluding hydrogens is 571 g/mol. The van der Waals surface area contributed by atoms with E-state index in [1.165, 1.54) is 6.33 Å². The first kappa shape index (κ1) is 26.7. The van der Waals surface area contributed by atoms with Gasteiger partial charge in [0.05, 0.1) is 29.1 Å². The van der Waals surface area contributed by atoms with Gasteiger partial charge in [0, 0.05) is 28.6 Å². The number of sulfone groups is 1. The molecule has 0 saturated heterocycles. The van der Waals surface area contributed by atoms with Crippen LogP contribution in [0.1, 0.15) is 39.9 Å². The molecule has 1 saturated carbocycles. The Hall–Kier alpha value is -2.88. The molecule has 198 valence electrons. The molecule has 1 heterocycles. The second kappa shape index (κ2) is 11.1. The fourth-order valence-electron chi connectivity index (χ4n) is 4.49. The summed E-state index contributed by atoms with van der Waals surface area (Å²) in [5.74, 6) is -0.557. The number of carbonyl (C=O) groups excluding carboxylic acids is 1. The van der Waals surface area contributed by atoms with Gasteiger partial charge >= 0.3 is 0 Å². The molecule has 1 aliphatic carbocycles. The number of benzene rings is 3. The zero-order valence-corrected chi connectivity index (χ0v) is 23.4. The van der Waals surface area contributed by atoms with Crippen molar-refractivity contribution in [3.8, 4) is 0 Å². The number of fused-ring (bicyclic) bond motifs is 1. The molecule has 1 aliphatic rings. The van der Waals surface area contributed by atoms with Crippen LogP contribution >= 0.6 is 15.9 Å². The lowest BCUT2D eigenvalue weighted by Gasteiger charge is -2.14. The number of ketones is 1. The van der Waals surface area contributed by atoms with Crippen LogP contribution in [0.5, 0.6) is 0 Å². The molecule has 6 nitrogen and oxygen atoms in total. The summed E-state index contributed by atoms with van der Waals surface area (Å²) in [5, 5.41) is 0. The highest BCUT2D eigenvalue weighted by atomic mass is 79.9. The van der Waals surface area contributed by atoms with Crippen molar-refractivity contribution in [1.29, 1.82) is 0 Å². The largest absolute Gasteiger partial charge is 0.373 e. The molecule has 0 spiro atoms. The number of Topliss-reactive ketones (excluding diaryl/α,β-unsaturated/α-hetero) is 1. The monoisotopic (exact) mass is 598 g/mol. The topological polar surface area (TPSA) is 78.3 Å². The summed E-state index contributed by atoms with van der Waals surface area (Å²) in [6.45, 7) is 2.40. The van der Waals surface area contributed by atoms with Crippen molar-refractivity contribution in [2.24, 2.45) is 5.92 Å². The van der Waals surface area contributed by atoms with E-state index in [4.69, 9.17) is 4.74 Å². The van der Waals surface area contributed by atoms with Crippen molar-refractivity contribution in [3.05, 3.63) is 93.5 Å². The average Bonchev–Trinajstić information content (AvgIpc) is 3.63. The maximum Gasteiger partial charge on any atom is 0.188 e. The van der Waals surface area contributed by atoms with Gasteiger partial charge in [-0.2, -0.15) is 0 Å². The number of nitrogens with zero attached hydrogens (tertiary/aromatic N) is 2. The zero-order valence-electron chi connectivity index (χ0n) is 21.0. The molecule has 3 aromatic carbocycles. The molecule has 9 heteroatoms. The summed E-state index contributed by atoms with van der Waals surface area (Å²) in [5.41, 5.74) is 2.87. The molecular formula is C29H28BrFN2O4S. The summed E-state index contributed by atoms with van der Waals surface area (Å²) < 4.78 is 49.8. The minimum Gasteiger partial charge on any atom is -0.373 e. The third-order valence-corrected chi connectivity index (χ3v) is 9.12. The predicted molar refractivity (Wildman–Crippen MR) is 148 cm³/mol. The first-order valence-corrected chi connectivity index (χ1v) is 15.0. The van der Waals surface area contributed by atoms with E-state index in [1.807, 2.05) is 25.1 Å². The molecule has 5 rings (SSSR count). The summed E-state index contributed by atoms with van der Waals surface area (Å²) in [4.78, 5) is 17.8. The van der Waals surface area contributed by atoms with E-state index in [9.17, 15) is 13.2 Å². The maximum atomic E-state index is 16.0. The molecule has 1 fully saturated rings. The van der Waals surface area contributed by atoms with E-state index < -0.39 is 15.7 Å². The molecule has 0 N–H and O–H groups in total. The standard InChI is InChI=1S/C29H28BrFN2O4S/c1-19-13-22(30)10-9-21(19)14-25-24(27(34)17-37-16-20-7-8-20)15-26-29(28(25)31)32-18-33(26)11-12-38(35,36)23-5-3-2-4-6-23/h2-6,9-10,13,15,18,20H,7-8,11-12,14,16-17H2,1H3. The average molecular weight is 600 g/mol. The molecule has 1 aromatic heterocycles.